The molecule has 1 aliphatic rings. The fraction of sp³-hybridized carbons (Fsp3) is 0.333. The second-order valence-corrected chi connectivity index (χ2v) is 7.31. The predicted octanol–water partition coefficient (Wildman–Crippen LogP) is 7.07. The Labute approximate surface area is 157 Å². The summed E-state index contributed by atoms with van der Waals surface area (Å²) in [6.07, 6.45) is 4.55. The first-order valence-corrected chi connectivity index (χ1v) is 9.60. The molecule has 3 rings (SSSR count). The van der Waals surface area contributed by atoms with Gasteiger partial charge >= 0.3 is 0 Å². The largest absolute Gasteiger partial charge is 0.493 e. The molecule has 0 bridgehead atoms. The van der Waals surface area contributed by atoms with Gasteiger partial charge in [-0.3, -0.25) is 0 Å². The van der Waals surface area contributed by atoms with Crippen molar-refractivity contribution < 1.29 is 4.70 Å². The van der Waals surface area contributed by atoms with E-state index in [2.05, 4.69) is 76.2 Å². The lowest BCUT2D eigenvalue weighted by Crippen LogP contribution is -2.02. The first kappa shape index (κ1) is 18.3. The highest BCUT2D eigenvalue weighted by molar-refractivity contribution is 5.81. The summed E-state index contributed by atoms with van der Waals surface area (Å²) in [6.45, 7) is 8.56. The van der Waals surface area contributed by atoms with Crippen molar-refractivity contribution in [3.8, 4) is 0 Å². The van der Waals surface area contributed by atoms with Crippen LogP contribution in [0.1, 0.15) is 61.8 Å². The normalized spacial score (nSPS) is 14.5. The van der Waals surface area contributed by atoms with E-state index in [9.17, 15) is 5.53 Å². The topological polar surface area (TPSA) is 25.3 Å². The Kier molecular flexibility index (Phi) is 5.51. The minimum Gasteiger partial charge on any atom is -0.493 e. The molecule has 0 atom stereocenters. The predicted molar refractivity (Wildman–Crippen MR) is 110 cm³/mol. The Morgan fingerprint density at radius 2 is 1.38 bits per heavy atom. The van der Waals surface area contributed by atoms with E-state index in [0.29, 0.717) is 0 Å². The third-order valence-corrected chi connectivity index (χ3v) is 5.13. The van der Waals surface area contributed by atoms with Gasteiger partial charge < -0.3 is 5.53 Å². The molecule has 0 aromatic heterocycles. The van der Waals surface area contributed by atoms with Crippen molar-refractivity contribution in [1.29, 1.82) is 0 Å². The summed E-state index contributed by atoms with van der Waals surface area (Å²) in [5.41, 5.74) is 20.0. The molecule has 0 radical (unpaired) electrons. The van der Waals surface area contributed by atoms with E-state index in [1.54, 1.807) is 0 Å². The molecule has 0 fully saturated rings. The highest BCUT2D eigenvalue weighted by Gasteiger charge is 2.33. The molecule has 0 saturated carbocycles. The minimum atomic E-state index is 0.914. The molecule has 0 saturated heterocycles. The number of hydrogen-bond donors (Lipinski definition) is 0. The Hall–Kier alpha value is -2.48. The lowest BCUT2D eigenvalue weighted by Gasteiger charge is -2.10. The first-order chi connectivity index (χ1) is 12.5. The standard InChI is InChI=1S/C24H28N2/c1-5-6-7-14-22-19(4)23(20-12-8-10-17(2)15-20)26(25)24(22)21-13-9-11-18(3)16-21/h8-13,15-16H,5-7,14H2,1-4H3. The van der Waals surface area contributed by atoms with Crippen LogP contribution in [0.25, 0.3) is 16.9 Å². The van der Waals surface area contributed by atoms with E-state index in [4.69, 9.17) is 0 Å². The fourth-order valence-corrected chi connectivity index (χ4v) is 3.80. The zero-order valence-corrected chi connectivity index (χ0v) is 16.3. The second kappa shape index (κ2) is 7.82. The molecule has 0 spiro atoms. The highest BCUT2D eigenvalue weighted by Crippen LogP contribution is 2.42. The average molecular weight is 345 g/mol. The van der Waals surface area contributed by atoms with Gasteiger partial charge in [0.1, 0.15) is 0 Å². The summed E-state index contributed by atoms with van der Waals surface area (Å²) in [6, 6.07) is 16.8. The first-order valence-electron chi connectivity index (χ1n) is 9.60. The van der Waals surface area contributed by atoms with Gasteiger partial charge in [-0.05, 0) is 57.9 Å². The van der Waals surface area contributed by atoms with Gasteiger partial charge in [-0.1, -0.05) is 55.2 Å². The van der Waals surface area contributed by atoms with Gasteiger partial charge in [0.2, 0.25) is 11.4 Å². The van der Waals surface area contributed by atoms with Crippen LogP contribution in [0.5, 0.6) is 0 Å². The quantitative estimate of drug-likeness (QED) is 0.395. The van der Waals surface area contributed by atoms with Crippen LogP contribution in [0.2, 0.25) is 0 Å². The highest BCUT2D eigenvalue weighted by atomic mass is 15.2. The average Bonchev–Trinajstić information content (AvgIpc) is 2.85. The van der Waals surface area contributed by atoms with Gasteiger partial charge in [0.25, 0.3) is 0 Å². The molecule has 0 unspecified atom stereocenters. The zero-order valence-electron chi connectivity index (χ0n) is 16.3. The number of rotatable bonds is 6. The van der Waals surface area contributed by atoms with E-state index in [-0.39, 0.29) is 0 Å². The Morgan fingerprint density at radius 3 is 1.92 bits per heavy atom. The van der Waals surface area contributed by atoms with Crippen molar-refractivity contribution in [3.63, 3.8) is 0 Å². The molecule has 0 aliphatic carbocycles. The number of benzene rings is 2. The molecule has 2 aromatic rings. The maximum absolute atomic E-state index is 11.2. The van der Waals surface area contributed by atoms with Crippen molar-refractivity contribution in [2.24, 2.45) is 0 Å². The number of nitrogens with zero attached hydrogens (tertiary/aromatic N) is 2. The van der Waals surface area contributed by atoms with E-state index >= 15 is 0 Å². The van der Waals surface area contributed by atoms with Gasteiger partial charge in [0.15, 0.2) is 0 Å². The van der Waals surface area contributed by atoms with Crippen LogP contribution < -0.4 is 0 Å². The maximum Gasteiger partial charge on any atom is 0.211 e. The van der Waals surface area contributed by atoms with E-state index in [0.717, 1.165) is 35.4 Å². The Balaban J connectivity index is 2.10. The molecule has 1 heterocycles. The van der Waals surface area contributed by atoms with Crippen molar-refractivity contribution in [1.82, 2.24) is 0 Å². The van der Waals surface area contributed by atoms with Gasteiger partial charge in [-0.15, -0.1) is 0 Å². The molecular formula is C24H28N2. The van der Waals surface area contributed by atoms with Crippen LogP contribution in [0.3, 0.4) is 0 Å². The van der Waals surface area contributed by atoms with E-state index in [1.165, 1.54) is 39.8 Å². The van der Waals surface area contributed by atoms with Gasteiger partial charge in [-0.2, -0.15) is 0 Å². The molecule has 134 valence electrons. The Bertz CT molecular complexity index is 900. The fourth-order valence-electron chi connectivity index (χ4n) is 3.80. The van der Waals surface area contributed by atoms with Crippen LogP contribution in [0.15, 0.2) is 59.7 Å². The molecule has 2 nitrogen and oxygen atoms in total. The lowest BCUT2D eigenvalue weighted by molar-refractivity contribution is -0.345. The van der Waals surface area contributed by atoms with E-state index < -0.39 is 0 Å². The number of unbranched alkanes of at least 4 members (excludes halogenated alkanes) is 2. The monoisotopic (exact) mass is 344 g/mol. The minimum absolute atomic E-state index is 0.914. The van der Waals surface area contributed by atoms with Gasteiger partial charge in [0.05, 0.1) is 0 Å². The molecule has 1 aliphatic heterocycles. The smallest absolute Gasteiger partial charge is 0.211 e. The van der Waals surface area contributed by atoms with Gasteiger partial charge in [0, 0.05) is 22.3 Å². The lowest BCUT2D eigenvalue weighted by atomic mass is 9.96. The summed E-state index contributed by atoms with van der Waals surface area (Å²) >= 11 is 0. The van der Waals surface area contributed by atoms with Crippen molar-refractivity contribution in [2.45, 2.75) is 53.4 Å². The molecular weight excluding hydrogens is 316 g/mol. The molecule has 26 heavy (non-hydrogen) atoms. The Morgan fingerprint density at radius 1 is 0.808 bits per heavy atom. The number of hydrogen-bond acceptors (Lipinski definition) is 0. The summed E-state index contributed by atoms with van der Waals surface area (Å²) in [5, 5.41) is 0. The van der Waals surface area contributed by atoms with Crippen LogP contribution in [-0.4, -0.2) is 4.70 Å². The third-order valence-electron chi connectivity index (χ3n) is 5.13. The van der Waals surface area contributed by atoms with Crippen LogP contribution >= 0.6 is 0 Å². The van der Waals surface area contributed by atoms with Crippen molar-refractivity contribution in [3.05, 3.63) is 87.5 Å². The summed E-state index contributed by atoms with van der Waals surface area (Å²) in [7, 11) is 0. The summed E-state index contributed by atoms with van der Waals surface area (Å²) in [4.78, 5) is 0. The van der Waals surface area contributed by atoms with Crippen LogP contribution in [-0.2, 0) is 0 Å². The summed E-state index contributed by atoms with van der Waals surface area (Å²) in [5.74, 6) is 0. The van der Waals surface area contributed by atoms with Crippen LogP contribution in [0.4, 0.5) is 0 Å². The zero-order chi connectivity index (χ0) is 18.7. The maximum atomic E-state index is 11.2. The molecule has 2 heteroatoms. The van der Waals surface area contributed by atoms with Crippen molar-refractivity contribution >= 4 is 11.4 Å². The molecule has 0 amide bonds. The van der Waals surface area contributed by atoms with Gasteiger partial charge in [-0.25, -0.2) is 4.70 Å². The third kappa shape index (κ3) is 3.55. The summed E-state index contributed by atoms with van der Waals surface area (Å²) < 4.78 is 1.42. The molecule has 2 aromatic carbocycles. The number of aryl methyl sites for hydroxylation is 2. The number of allylic oxidation sites excluding steroid dienone is 2. The SMILES string of the molecule is CCCCCC1=C(c2cccc(C)c2)[N+](=[N-])C(c2cccc(C)c2)=C1C. The van der Waals surface area contributed by atoms with E-state index in [1.807, 2.05) is 0 Å². The van der Waals surface area contributed by atoms with Crippen molar-refractivity contribution in [2.75, 3.05) is 0 Å². The second-order valence-electron chi connectivity index (χ2n) is 7.31. The molecule has 0 N–H and O–H groups in total. The van der Waals surface area contributed by atoms with Crippen LogP contribution in [0, 0.1) is 13.8 Å².